The molecule has 0 radical (unpaired) electrons. The maximum absolute atomic E-state index is 5.53. The lowest BCUT2D eigenvalue weighted by Gasteiger charge is -2.18. The molecule has 1 heterocycles. The summed E-state index contributed by atoms with van der Waals surface area (Å²) >= 11 is 0. The molecule has 2 nitrogen and oxygen atoms in total. The van der Waals surface area contributed by atoms with Gasteiger partial charge in [-0.05, 0) is 56.0 Å². The first-order chi connectivity index (χ1) is 10.1. The van der Waals surface area contributed by atoms with E-state index in [1.165, 1.54) is 11.1 Å². The highest BCUT2D eigenvalue weighted by Crippen LogP contribution is 2.16. The minimum atomic E-state index is 0.566. The minimum Gasteiger partial charge on any atom is -0.469 e. The summed E-state index contributed by atoms with van der Waals surface area (Å²) in [5, 5.41) is 3.59. The van der Waals surface area contributed by atoms with E-state index < -0.39 is 0 Å². The first-order valence-electron chi connectivity index (χ1n) is 7.92. The summed E-state index contributed by atoms with van der Waals surface area (Å²) in [6, 6.07) is 12.9. The van der Waals surface area contributed by atoms with Crippen LogP contribution in [-0.4, -0.2) is 13.1 Å². The van der Waals surface area contributed by atoms with E-state index in [0.717, 1.165) is 31.7 Å². The second kappa shape index (κ2) is 8.04. The molecule has 0 aliphatic carbocycles. The molecule has 0 bridgehead atoms. The Bertz CT molecular complexity index is 516. The Morgan fingerprint density at radius 2 is 1.90 bits per heavy atom. The average Bonchev–Trinajstić information content (AvgIpc) is 2.91. The number of aryl methyl sites for hydroxylation is 1. The maximum Gasteiger partial charge on any atom is 0.104 e. The third kappa shape index (κ3) is 5.76. The lowest BCUT2D eigenvalue weighted by atomic mass is 9.94. The number of rotatable bonds is 8. The van der Waals surface area contributed by atoms with Crippen LogP contribution in [0.5, 0.6) is 0 Å². The van der Waals surface area contributed by atoms with Gasteiger partial charge < -0.3 is 9.73 Å². The molecule has 0 aliphatic heterocycles. The fourth-order valence-electron chi connectivity index (χ4n) is 2.68. The van der Waals surface area contributed by atoms with Crippen molar-refractivity contribution in [3.8, 4) is 0 Å². The summed E-state index contributed by atoms with van der Waals surface area (Å²) in [4.78, 5) is 0. The van der Waals surface area contributed by atoms with Gasteiger partial charge in [-0.15, -0.1) is 0 Å². The molecule has 0 saturated heterocycles. The first-order valence-corrected chi connectivity index (χ1v) is 7.92. The molecule has 114 valence electrons. The van der Waals surface area contributed by atoms with Crippen molar-refractivity contribution in [3.63, 3.8) is 0 Å². The highest BCUT2D eigenvalue weighted by molar-refractivity contribution is 5.22. The Hall–Kier alpha value is -1.54. The summed E-state index contributed by atoms with van der Waals surface area (Å²) in [5.41, 5.74) is 2.75. The van der Waals surface area contributed by atoms with Crippen LogP contribution in [0.15, 0.2) is 47.1 Å². The van der Waals surface area contributed by atoms with Gasteiger partial charge in [0.25, 0.3) is 0 Å². The van der Waals surface area contributed by atoms with Gasteiger partial charge in [0.15, 0.2) is 0 Å². The quantitative estimate of drug-likeness (QED) is 0.785. The van der Waals surface area contributed by atoms with Gasteiger partial charge in [0, 0.05) is 6.42 Å². The van der Waals surface area contributed by atoms with Crippen molar-refractivity contribution < 1.29 is 4.42 Å². The largest absolute Gasteiger partial charge is 0.469 e. The van der Waals surface area contributed by atoms with E-state index in [2.05, 4.69) is 56.4 Å². The maximum atomic E-state index is 5.53. The minimum absolute atomic E-state index is 0.566. The second-order valence-corrected chi connectivity index (χ2v) is 6.39. The molecule has 2 rings (SSSR count). The summed E-state index contributed by atoms with van der Waals surface area (Å²) < 4.78 is 5.53. The molecule has 0 amide bonds. The summed E-state index contributed by atoms with van der Waals surface area (Å²) in [5.74, 6) is 2.34. The van der Waals surface area contributed by atoms with Crippen LogP contribution in [0.1, 0.15) is 30.7 Å². The molecular formula is C19H27NO. The van der Waals surface area contributed by atoms with Crippen LogP contribution >= 0.6 is 0 Å². The Balaban J connectivity index is 1.96. The fraction of sp³-hybridized carbons (Fsp3) is 0.474. The zero-order valence-electron chi connectivity index (χ0n) is 13.4. The highest BCUT2D eigenvalue weighted by atomic mass is 16.3. The monoisotopic (exact) mass is 285 g/mol. The van der Waals surface area contributed by atoms with Gasteiger partial charge >= 0.3 is 0 Å². The smallest absolute Gasteiger partial charge is 0.104 e. The lowest BCUT2D eigenvalue weighted by molar-refractivity contribution is 0.404. The molecular weight excluding hydrogens is 258 g/mol. The van der Waals surface area contributed by atoms with Crippen LogP contribution in [-0.2, 0) is 12.8 Å². The molecule has 1 unspecified atom stereocenters. The van der Waals surface area contributed by atoms with Crippen molar-refractivity contribution in [2.45, 2.75) is 33.6 Å². The molecule has 2 heteroatoms. The average molecular weight is 285 g/mol. The van der Waals surface area contributed by atoms with Crippen molar-refractivity contribution in [1.82, 2.24) is 5.32 Å². The van der Waals surface area contributed by atoms with E-state index in [0.29, 0.717) is 11.8 Å². The number of hydrogen-bond acceptors (Lipinski definition) is 2. The predicted molar refractivity (Wildman–Crippen MR) is 88.5 cm³/mol. The van der Waals surface area contributed by atoms with Gasteiger partial charge in [-0.2, -0.15) is 0 Å². The predicted octanol–water partition coefficient (Wildman–Crippen LogP) is 4.24. The van der Waals surface area contributed by atoms with Crippen molar-refractivity contribution >= 4 is 0 Å². The summed E-state index contributed by atoms with van der Waals surface area (Å²) in [6.45, 7) is 8.75. The van der Waals surface area contributed by atoms with Crippen LogP contribution in [0.25, 0.3) is 0 Å². The zero-order chi connectivity index (χ0) is 15.1. The highest BCUT2D eigenvalue weighted by Gasteiger charge is 2.13. The SMILES string of the molecule is Cc1cccc(CC(CNCC(C)C)Cc2ccco2)c1. The molecule has 21 heavy (non-hydrogen) atoms. The molecule has 0 spiro atoms. The van der Waals surface area contributed by atoms with Crippen LogP contribution in [0.2, 0.25) is 0 Å². The van der Waals surface area contributed by atoms with E-state index in [9.17, 15) is 0 Å². The Labute approximate surface area is 128 Å². The topological polar surface area (TPSA) is 25.2 Å². The third-order valence-corrected chi connectivity index (χ3v) is 3.66. The van der Waals surface area contributed by atoms with Gasteiger partial charge in [0.2, 0.25) is 0 Å². The number of furan rings is 1. The van der Waals surface area contributed by atoms with Gasteiger partial charge in [-0.1, -0.05) is 43.7 Å². The van der Waals surface area contributed by atoms with E-state index in [-0.39, 0.29) is 0 Å². The molecule has 1 aromatic heterocycles. The number of benzene rings is 1. The van der Waals surface area contributed by atoms with E-state index in [1.807, 2.05) is 6.07 Å². The number of nitrogens with one attached hydrogen (secondary N) is 1. The molecule has 1 atom stereocenters. The Morgan fingerprint density at radius 3 is 2.57 bits per heavy atom. The first kappa shape index (κ1) is 15.8. The van der Waals surface area contributed by atoms with Crippen LogP contribution < -0.4 is 5.32 Å². The van der Waals surface area contributed by atoms with Crippen LogP contribution in [0, 0.1) is 18.8 Å². The van der Waals surface area contributed by atoms with Crippen LogP contribution in [0.3, 0.4) is 0 Å². The van der Waals surface area contributed by atoms with Gasteiger partial charge in [0.1, 0.15) is 5.76 Å². The molecule has 1 aromatic carbocycles. The zero-order valence-corrected chi connectivity index (χ0v) is 13.4. The number of hydrogen-bond donors (Lipinski definition) is 1. The van der Waals surface area contributed by atoms with E-state index in [4.69, 9.17) is 4.42 Å². The Kier molecular flexibility index (Phi) is 6.06. The van der Waals surface area contributed by atoms with E-state index in [1.54, 1.807) is 6.26 Å². The van der Waals surface area contributed by atoms with E-state index >= 15 is 0 Å². The fourth-order valence-corrected chi connectivity index (χ4v) is 2.68. The van der Waals surface area contributed by atoms with Crippen molar-refractivity contribution in [2.75, 3.05) is 13.1 Å². The molecule has 0 saturated carbocycles. The summed E-state index contributed by atoms with van der Waals surface area (Å²) in [6.07, 6.45) is 3.85. The molecule has 1 N–H and O–H groups in total. The molecule has 0 fully saturated rings. The summed E-state index contributed by atoms with van der Waals surface area (Å²) in [7, 11) is 0. The third-order valence-electron chi connectivity index (χ3n) is 3.66. The second-order valence-electron chi connectivity index (χ2n) is 6.39. The van der Waals surface area contributed by atoms with Crippen molar-refractivity contribution in [2.24, 2.45) is 11.8 Å². The standard InChI is InChI=1S/C19H27NO/c1-15(2)13-20-14-18(12-19-8-5-9-21-19)11-17-7-4-6-16(3)10-17/h4-10,15,18,20H,11-14H2,1-3H3. The van der Waals surface area contributed by atoms with Gasteiger partial charge in [-0.25, -0.2) is 0 Å². The van der Waals surface area contributed by atoms with Crippen molar-refractivity contribution in [3.05, 3.63) is 59.5 Å². The molecule has 0 aliphatic rings. The normalized spacial score (nSPS) is 12.8. The van der Waals surface area contributed by atoms with Gasteiger partial charge in [-0.3, -0.25) is 0 Å². The van der Waals surface area contributed by atoms with Crippen LogP contribution in [0.4, 0.5) is 0 Å². The van der Waals surface area contributed by atoms with Gasteiger partial charge in [0.05, 0.1) is 6.26 Å². The molecule has 2 aromatic rings. The van der Waals surface area contributed by atoms with Crippen molar-refractivity contribution in [1.29, 1.82) is 0 Å². The Morgan fingerprint density at radius 1 is 1.05 bits per heavy atom. The lowest BCUT2D eigenvalue weighted by Crippen LogP contribution is -2.28.